The van der Waals surface area contributed by atoms with Gasteiger partial charge in [-0.3, -0.25) is 9.59 Å². The number of halogens is 3. The van der Waals surface area contributed by atoms with Crippen LogP contribution in [0.15, 0.2) is 43.1 Å². The maximum Gasteiger partial charge on any atom is 0.266 e. The molecular weight excluding hydrogens is 387 g/mol. The van der Waals surface area contributed by atoms with Crippen molar-refractivity contribution in [3.05, 3.63) is 54.2 Å². The molecule has 0 radical (unpaired) electrons. The Balaban J connectivity index is 0.000000200. The van der Waals surface area contributed by atoms with Crippen LogP contribution in [0.5, 0.6) is 0 Å². The molecule has 1 N–H and O–H groups in total. The highest BCUT2D eigenvalue weighted by Gasteiger charge is 1.96. The Hall–Kier alpha value is -1.35. The van der Waals surface area contributed by atoms with Gasteiger partial charge in [-0.1, -0.05) is 0 Å². The number of H-pyrrole nitrogens is 1. The minimum absolute atomic E-state index is 0.0122. The first-order valence-corrected chi connectivity index (χ1v) is 6.62. The van der Waals surface area contributed by atoms with Crippen LogP contribution < -0.4 is 11.1 Å². The summed E-state index contributed by atoms with van der Waals surface area (Å²) in [6.45, 7) is -0.568. The van der Waals surface area contributed by atoms with E-state index < -0.39 is 6.67 Å². The van der Waals surface area contributed by atoms with E-state index in [1.54, 1.807) is 6.07 Å². The molecule has 2 rings (SSSR count). The van der Waals surface area contributed by atoms with Gasteiger partial charge < -0.3 is 0 Å². The van der Waals surface area contributed by atoms with Crippen LogP contribution in [0.2, 0.25) is 0 Å². The zero-order valence-corrected chi connectivity index (χ0v) is 12.7. The molecule has 2 aromatic rings. The van der Waals surface area contributed by atoms with Crippen molar-refractivity contribution in [1.82, 2.24) is 20.0 Å². The van der Waals surface area contributed by atoms with Crippen molar-refractivity contribution < 1.29 is 4.39 Å². The van der Waals surface area contributed by atoms with E-state index in [0.717, 1.165) is 4.68 Å². The standard InChI is InChI=1S/C6H6BrFN2O.C4H3BrN2O/c7-5-1-2-6(11)10(9-5)4-3-8;5-3-1-2-4(8)7-6-3/h1-2H,3-4H2;1-2H,(H,7,8). The first-order chi connectivity index (χ1) is 9.02. The molecule has 6 nitrogen and oxygen atoms in total. The molecule has 2 heterocycles. The van der Waals surface area contributed by atoms with Crippen LogP contribution in [0.4, 0.5) is 4.39 Å². The van der Waals surface area contributed by atoms with Crippen LogP contribution >= 0.6 is 31.9 Å². The Morgan fingerprint density at radius 1 is 1.16 bits per heavy atom. The zero-order valence-electron chi connectivity index (χ0n) is 9.52. The number of aromatic nitrogens is 4. The molecule has 0 aliphatic carbocycles. The Bertz CT molecular complexity index is 623. The van der Waals surface area contributed by atoms with Gasteiger partial charge in [-0.25, -0.2) is 14.2 Å². The predicted molar refractivity (Wildman–Crippen MR) is 74.7 cm³/mol. The second-order valence-electron chi connectivity index (χ2n) is 3.15. The fourth-order valence-corrected chi connectivity index (χ4v) is 1.54. The average Bonchev–Trinajstić information content (AvgIpc) is 2.39. The fraction of sp³-hybridized carbons (Fsp3) is 0.200. The number of aryl methyl sites for hydroxylation is 1. The average molecular weight is 396 g/mol. The highest BCUT2D eigenvalue weighted by molar-refractivity contribution is 9.10. The lowest BCUT2D eigenvalue weighted by molar-refractivity contribution is 0.416. The van der Waals surface area contributed by atoms with Crippen LogP contribution in [0, 0.1) is 0 Å². The van der Waals surface area contributed by atoms with Crippen molar-refractivity contribution in [1.29, 1.82) is 0 Å². The molecule has 0 unspecified atom stereocenters. The van der Waals surface area contributed by atoms with Crippen molar-refractivity contribution in [2.75, 3.05) is 6.67 Å². The summed E-state index contributed by atoms with van der Waals surface area (Å²) in [5.74, 6) is 0. The van der Waals surface area contributed by atoms with Gasteiger partial charge in [0.15, 0.2) is 0 Å². The Morgan fingerprint density at radius 3 is 2.37 bits per heavy atom. The summed E-state index contributed by atoms with van der Waals surface area (Å²) < 4.78 is 14.0. The Kier molecular flexibility index (Phi) is 6.57. The van der Waals surface area contributed by atoms with Crippen molar-refractivity contribution in [2.45, 2.75) is 6.54 Å². The van der Waals surface area contributed by atoms with Gasteiger partial charge in [-0.05, 0) is 44.0 Å². The molecule has 0 aromatic carbocycles. The molecule has 0 aliphatic rings. The zero-order chi connectivity index (χ0) is 14.3. The number of hydrogen-bond acceptors (Lipinski definition) is 4. The molecule has 0 saturated carbocycles. The highest BCUT2D eigenvalue weighted by atomic mass is 79.9. The van der Waals surface area contributed by atoms with Gasteiger partial charge in [0, 0.05) is 12.1 Å². The molecule has 0 saturated heterocycles. The van der Waals surface area contributed by atoms with Gasteiger partial charge in [0.25, 0.3) is 11.1 Å². The molecule has 19 heavy (non-hydrogen) atoms. The van der Waals surface area contributed by atoms with E-state index in [1.807, 2.05) is 0 Å². The van der Waals surface area contributed by atoms with Gasteiger partial charge in [0.05, 0.1) is 6.54 Å². The summed E-state index contributed by atoms with van der Waals surface area (Å²) >= 11 is 6.14. The molecular formula is C10H9Br2FN4O2. The number of nitrogens with one attached hydrogen (secondary N) is 1. The van der Waals surface area contributed by atoms with Crippen LogP contribution in [-0.2, 0) is 6.54 Å². The molecule has 2 aromatic heterocycles. The SMILES string of the molecule is O=c1ccc(Br)n[nH]1.O=c1ccc(Br)nn1CCF. The van der Waals surface area contributed by atoms with Crippen molar-refractivity contribution >= 4 is 31.9 Å². The summed E-state index contributed by atoms with van der Waals surface area (Å²) in [5.41, 5.74) is -0.473. The monoisotopic (exact) mass is 394 g/mol. The lowest BCUT2D eigenvalue weighted by Crippen LogP contribution is -2.22. The van der Waals surface area contributed by atoms with E-state index in [-0.39, 0.29) is 17.7 Å². The minimum atomic E-state index is -0.580. The van der Waals surface area contributed by atoms with Crippen molar-refractivity contribution in [3.63, 3.8) is 0 Å². The highest BCUT2D eigenvalue weighted by Crippen LogP contribution is 1.99. The van der Waals surface area contributed by atoms with Crippen LogP contribution in [0.1, 0.15) is 0 Å². The topological polar surface area (TPSA) is 80.6 Å². The molecule has 0 fully saturated rings. The Labute approximate surface area is 123 Å². The first-order valence-electron chi connectivity index (χ1n) is 5.04. The summed E-state index contributed by atoms with van der Waals surface area (Å²) in [6, 6.07) is 5.85. The second kappa shape index (κ2) is 7.95. The van der Waals surface area contributed by atoms with E-state index in [9.17, 15) is 14.0 Å². The normalized spacial score (nSPS) is 9.63. The third-order valence-electron chi connectivity index (χ3n) is 1.78. The lowest BCUT2D eigenvalue weighted by atomic mass is 10.5. The third-order valence-corrected chi connectivity index (χ3v) is 2.64. The number of nitrogens with zero attached hydrogens (tertiary/aromatic N) is 3. The molecule has 0 spiro atoms. The Morgan fingerprint density at radius 2 is 1.84 bits per heavy atom. The molecule has 0 bridgehead atoms. The molecule has 9 heteroatoms. The van der Waals surface area contributed by atoms with Crippen molar-refractivity contribution in [3.8, 4) is 0 Å². The largest absolute Gasteiger partial charge is 0.268 e. The molecule has 0 amide bonds. The van der Waals surface area contributed by atoms with Crippen LogP contribution in [-0.4, -0.2) is 26.7 Å². The molecule has 0 atom stereocenters. The van der Waals surface area contributed by atoms with Gasteiger partial charge in [0.1, 0.15) is 15.9 Å². The maximum atomic E-state index is 11.8. The number of hydrogen-bond donors (Lipinski definition) is 1. The molecule has 0 aliphatic heterocycles. The first kappa shape index (κ1) is 15.7. The number of aromatic amines is 1. The summed E-state index contributed by atoms with van der Waals surface area (Å²) in [4.78, 5) is 21.2. The second-order valence-corrected chi connectivity index (χ2v) is 4.78. The van der Waals surface area contributed by atoms with Gasteiger partial charge in [0.2, 0.25) is 0 Å². The fourth-order valence-electron chi connectivity index (χ4n) is 0.992. The maximum absolute atomic E-state index is 11.8. The molecule has 102 valence electrons. The predicted octanol–water partition coefficient (Wildman–Crippen LogP) is 1.51. The van der Waals surface area contributed by atoms with E-state index in [0.29, 0.717) is 9.21 Å². The van der Waals surface area contributed by atoms with E-state index in [4.69, 9.17) is 0 Å². The van der Waals surface area contributed by atoms with E-state index in [2.05, 4.69) is 47.2 Å². The summed E-state index contributed by atoms with van der Waals surface area (Å²) in [7, 11) is 0. The summed E-state index contributed by atoms with van der Waals surface area (Å²) in [6.07, 6.45) is 0. The van der Waals surface area contributed by atoms with Gasteiger partial charge >= 0.3 is 0 Å². The smallest absolute Gasteiger partial charge is 0.266 e. The van der Waals surface area contributed by atoms with E-state index in [1.165, 1.54) is 18.2 Å². The van der Waals surface area contributed by atoms with Gasteiger partial charge in [-0.2, -0.15) is 10.2 Å². The van der Waals surface area contributed by atoms with E-state index >= 15 is 0 Å². The summed E-state index contributed by atoms with van der Waals surface area (Å²) in [5, 5.41) is 9.55. The third kappa shape index (κ3) is 5.88. The van der Waals surface area contributed by atoms with Gasteiger partial charge in [-0.15, -0.1) is 0 Å². The number of rotatable bonds is 2. The van der Waals surface area contributed by atoms with Crippen LogP contribution in [0.25, 0.3) is 0 Å². The quantitative estimate of drug-likeness (QED) is 0.835. The number of alkyl halides is 1. The van der Waals surface area contributed by atoms with Crippen molar-refractivity contribution in [2.24, 2.45) is 0 Å². The lowest BCUT2D eigenvalue weighted by Gasteiger charge is -1.99. The van der Waals surface area contributed by atoms with Crippen LogP contribution in [0.3, 0.4) is 0 Å². The minimum Gasteiger partial charge on any atom is -0.268 e.